The first kappa shape index (κ1) is 52.8. The minimum atomic E-state index is -3.21. The molecule has 0 aromatic heterocycles. The van der Waals surface area contributed by atoms with E-state index in [1.807, 2.05) is 0 Å². The Morgan fingerprint density at radius 2 is 0.731 bits per heavy atom. The molecule has 0 fully saturated rings. The molecule has 0 unspecified atom stereocenters. The minimum absolute atomic E-state index is 0.112. The van der Waals surface area contributed by atoms with E-state index in [1.165, 1.54) is 33.4 Å². The van der Waals surface area contributed by atoms with Crippen LogP contribution in [0.4, 0.5) is 0 Å². The molecule has 67 heavy (non-hydrogen) atoms. The second-order valence-corrected chi connectivity index (χ2v) is 34.5. The first-order valence-electron chi connectivity index (χ1n) is 25.9. The lowest BCUT2D eigenvalue weighted by atomic mass is 9.79. The number of fused-ring (bicyclic) bond motifs is 4. The molecule has 6 rings (SSSR count). The Balaban J connectivity index is 1.91. The van der Waals surface area contributed by atoms with Crippen LogP contribution in [-0.2, 0) is 51.5 Å². The van der Waals surface area contributed by atoms with Crippen LogP contribution in [0.3, 0.4) is 0 Å². The Hall–Kier alpha value is -3.53. The van der Waals surface area contributed by atoms with Crippen LogP contribution in [0.1, 0.15) is 225 Å². The fraction of sp³-hybridized carbons (Fsp3) is 0.600. The van der Waals surface area contributed by atoms with Crippen molar-refractivity contribution in [3.05, 3.63) is 115 Å². The highest BCUT2D eigenvalue weighted by Gasteiger charge is 2.59. The van der Waals surface area contributed by atoms with Gasteiger partial charge in [-0.05, 0) is 94.8 Å². The number of aromatic hydroxyl groups is 1. The molecule has 10 bridgehead atoms. The summed E-state index contributed by atoms with van der Waals surface area (Å²) in [5, 5.41) is 12.9. The molecule has 0 amide bonds. The van der Waals surface area contributed by atoms with Gasteiger partial charge >= 0.3 is 17.1 Å². The molecule has 1 aliphatic carbocycles. The Labute approximate surface area is 410 Å². The molecule has 1 heterocycles. The molecule has 7 heteroatoms. The lowest BCUT2D eigenvalue weighted by molar-refractivity contribution is 0.270. The lowest BCUT2D eigenvalue weighted by Gasteiger charge is -2.49. The van der Waals surface area contributed by atoms with E-state index < -0.39 is 17.1 Å². The van der Waals surface area contributed by atoms with Gasteiger partial charge in [-0.2, -0.15) is 0 Å². The number of phenols is 1. The second-order valence-electron chi connectivity index (χ2n) is 25.8. The van der Waals surface area contributed by atoms with Crippen LogP contribution in [0.5, 0.6) is 23.0 Å². The normalized spacial score (nSPS) is 16.5. The molecule has 1 N–H and O–H groups in total. The number of unbranched alkanes of at least 4 members (excludes halogenated alkanes) is 1. The van der Waals surface area contributed by atoms with E-state index in [9.17, 15) is 5.11 Å². The van der Waals surface area contributed by atoms with Crippen molar-refractivity contribution >= 4 is 17.1 Å². The van der Waals surface area contributed by atoms with Gasteiger partial charge in [-0.25, -0.2) is 0 Å². The van der Waals surface area contributed by atoms with E-state index in [2.05, 4.69) is 194 Å². The maximum absolute atomic E-state index is 12.9. The van der Waals surface area contributed by atoms with Crippen molar-refractivity contribution in [2.75, 3.05) is 6.61 Å². The van der Waals surface area contributed by atoms with Gasteiger partial charge in [-0.15, -0.1) is 0 Å². The van der Waals surface area contributed by atoms with Crippen molar-refractivity contribution in [1.82, 2.24) is 0 Å². The van der Waals surface area contributed by atoms with Gasteiger partial charge in [0.25, 0.3) is 0 Å². The molecule has 4 aromatic carbocycles. The number of benzene rings is 4. The monoisotopic (exact) mass is 947 g/mol. The van der Waals surface area contributed by atoms with Gasteiger partial charge < -0.3 is 22.8 Å². The Bertz CT molecular complexity index is 2400. The quantitative estimate of drug-likeness (QED) is 0.124. The largest absolute Gasteiger partial charge is 0.520 e. The zero-order valence-electron chi connectivity index (χ0n) is 46.0. The average Bonchev–Trinajstić information content (AvgIpc) is 3.18. The third-order valence-electron chi connectivity index (χ3n) is 14.8. The van der Waals surface area contributed by atoms with Crippen LogP contribution in [-0.4, -0.2) is 28.8 Å². The van der Waals surface area contributed by atoms with Gasteiger partial charge in [0.15, 0.2) is 0 Å². The van der Waals surface area contributed by atoms with Gasteiger partial charge in [0, 0.05) is 47.8 Å². The molecule has 368 valence electrons. The highest BCUT2D eigenvalue weighted by atomic mass is 28.5. The number of phenolic OH excluding ortho intramolecular Hbond substituents is 1. The molecule has 1 aliphatic heterocycles. The highest BCUT2D eigenvalue weighted by molar-refractivity contribution is 6.84. The van der Waals surface area contributed by atoms with E-state index in [0.717, 1.165) is 63.5 Å². The third-order valence-corrected chi connectivity index (χ3v) is 24.8. The Morgan fingerprint density at radius 1 is 0.463 bits per heavy atom. The zero-order valence-corrected chi connectivity index (χ0v) is 48.0. The molecule has 2 aliphatic rings. The van der Waals surface area contributed by atoms with Crippen molar-refractivity contribution in [3.8, 4) is 23.0 Å². The summed E-state index contributed by atoms with van der Waals surface area (Å²) in [6.07, 6.45) is 4.29. The SMILES string of the molecule is CCCCOc1c2cc(C(C)(C)C)cc1Cc1cc(C(C)(C)C)cc3c1O[Si](C(C)C)(C(C)C)O[Si](C(C)C)(C(C)C)Oc1c(cc(C(C)(C)C)cc1C3)Cc1cc(C(C)(C)C)cc(c1O)C2. The van der Waals surface area contributed by atoms with Crippen LogP contribution >= 0.6 is 0 Å². The molecule has 0 saturated heterocycles. The maximum Gasteiger partial charge on any atom is 0.396 e. The summed E-state index contributed by atoms with van der Waals surface area (Å²) >= 11 is 0. The average molecular weight is 948 g/mol. The minimum Gasteiger partial charge on any atom is -0.520 e. The van der Waals surface area contributed by atoms with Crippen LogP contribution in [0.15, 0.2) is 48.5 Å². The Morgan fingerprint density at radius 3 is 1.03 bits per heavy atom. The van der Waals surface area contributed by atoms with Crippen LogP contribution in [0.2, 0.25) is 22.2 Å². The van der Waals surface area contributed by atoms with Crippen molar-refractivity contribution in [2.24, 2.45) is 0 Å². The van der Waals surface area contributed by atoms with Crippen molar-refractivity contribution in [2.45, 2.75) is 228 Å². The van der Waals surface area contributed by atoms with Crippen molar-refractivity contribution < 1.29 is 22.8 Å². The summed E-state index contributed by atoms with van der Waals surface area (Å²) in [4.78, 5) is 0. The number of hydrogen-bond donors (Lipinski definition) is 1. The summed E-state index contributed by atoms with van der Waals surface area (Å²) in [5.41, 5.74) is 13.5. The first-order chi connectivity index (χ1) is 30.8. The summed E-state index contributed by atoms with van der Waals surface area (Å²) < 4.78 is 31.4. The summed E-state index contributed by atoms with van der Waals surface area (Å²) in [6.45, 7) is 49.1. The Kier molecular flexibility index (Phi) is 15.0. The molecule has 0 spiro atoms. The number of rotatable bonds is 8. The molecule has 0 saturated carbocycles. The predicted octanol–water partition coefficient (Wildman–Crippen LogP) is 16.7. The molecular weight excluding hydrogens is 857 g/mol. The topological polar surface area (TPSA) is 57.2 Å². The van der Waals surface area contributed by atoms with Gasteiger partial charge in [0.1, 0.15) is 23.0 Å². The first-order valence-corrected chi connectivity index (χ1v) is 29.8. The van der Waals surface area contributed by atoms with Crippen molar-refractivity contribution in [1.29, 1.82) is 0 Å². The van der Waals surface area contributed by atoms with E-state index in [0.29, 0.717) is 38.0 Å². The zero-order chi connectivity index (χ0) is 50.0. The third kappa shape index (κ3) is 10.8. The summed E-state index contributed by atoms with van der Waals surface area (Å²) in [6, 6.07) is 19.0. The number of hydrogen-bond acceptors (Lipinski definition) is 5. The fourth-order valence-electron chi connectivity index (χ4n) is 10.3. The van der Waals surface area contributed by atoms with E-state index in [1.54, 1.807) is 0 Å². The molecule has 0 atom stereocenters. The van der Waals surface area contributed by atoms with Crippen molar-refractivity contribution in [3.63, 3.8) is 0 Å². The lowest BCUT2D eigenvalue weighted by Crippen LogP contribution is -2.64. The second kappa shape index (κ2) is 19.0. The van der Waals surface area contributed by atoms with Crippen LogP contribution < -0.4 is 13.6 Å². The molecular formula is C60H90O5Si2. The standard InChI is InChI=1S/C60H90O5Si2/c1-22-23-24-62-54-43-25-41-29-49(57(10,11)12)30-42(53(41)61)26-45-33-51(59(16,17)18)35-47-28-48-36-52(60(19,20)21)34-46(27-44(54)32-50(31-43)58(13,14)15)56(48)64-67(39(6)7,40(8)9)65-66(37(2)3,38(4)5)63-55(45)47/h29-40,61H,22-28H2,1-21H3. The van der Waals surface area contributed by atoms with Gasteiger partial charge in [-0.3, -0.25) is 0 Å². The molecule has 0 radical (unpaired) electrons. The maximum atomic E-state index is 12.9. The van der Waals surface area contributed by atoms with E-state index in [4.69, 9.17) is 17.7 Å². The van der Waals surface area contributed by atoms with Gasteiger partial charge in [0.2, 0.25) is 0 Å². The van der Waals surface area contributed by atoms with Gasteiger partial charge in [0.05, 0.1) is 6.61 Å². The number of ether oxygens (including phenoxy) is 1. The smallest absolute Gasteiger partial charge is 0.396 e. The molecule has 5 nitrogen and oxygen atoms in total. The van der Waals surface area contributed by atoms with E-state index >= 15 is 0 Å². The van der Waals surface area contributed by atoms with Crippen LogP contribution in [0.25, 0.3) is 0 Å². The van der Waals surface area contributed by atoms with Gasteiger partial charge in [-0.1, -0.05) is 200 Å². The fourth-order valence-corrected chi connectivity index (χ4v) is 21.2. The summed E-state index contributed by atoms with van der Waals surface area (Å²) in [7, 11) is -6.42. The molecule has 4 aromatic rings. The predicted molar refractivity (Wildman–Crippen MR) is 288 cm³/mol. The highest BCUT2D eigenvalue weighted by Crippen LogP contribution is 2.51. The van der Waals surface area contributed by atoms with E-state index in [-0.39, 0.29) is 43.8 Å². The summed E-state index contributed by atoms with van der Waals surface area (Å²) in [5.74, 6) is 3.18. The van der Waals surface area contributed by atoms with Crippen LogP contribution in [0, 0.1) is 0 Å².